The van der Waals surface area contributed by atoms with Gasteiger partial charge >= 0.3 is 5.97 Å². The fourth-order valence-corrected chi connectivity index (χ4v) is 2.78. The van der Waals surface area contributed by atoms with E-state index in [1.807, 2.05) is 30.3 Å². The maximum absolute atomic E-state index is 12.3. The highest BCUT2D eigenvalue weighted by Gasteiger charge is 2.45. The van der Waals surface area contributed by atoms with Crippen LogP contribution < -0.4 is 0 Å². The molecule has 0 saturated heterocycles. The lowest BCUT2D eigenvalue weighted by Crippen LogP contribution is -2.41. The van der Waals surface area contributed by atoms with Gasteiger partial charge in [0, 0.05) is 4.92 Å². The standard InChI is InChI=1S/C15H19NO4/c17-14(20-11-13-7-3-1-4-8-13)15(12-16(18)19)9-5-2-6-10-15/h1,3-4,7-8H,2,5-6,9-12H2. The maximum Gasteiger partial charge on any atom is 0.319 e. The predicted octanol–water partition coefficient (Wildman–Crippen LogP) is 2.96. The first-order chi connectivity index (χ1) is 9.62. The average Bonchev–Trinajstić information content (AvgIpc) is 2.46. The second-order valence-electron chi connectivity index (χ2n) is 5.39. The SMILES string of the molecule is O=C(OCc1ccccc1)C1(C[N+](=O)[O-])CCCCC1. The molecule has 0 aliphatic heterocycles. The summed E-state index contributed by atoms with van der Waals surface area (Å²) in [5.74, 6) is -0.419. The molecule has 0 heterocycles. The first kappa shape index (κ1) is 14.5. The van der Waals surface area contributed by atoms with Crippen molar-refractivity contribution in [3.05, 3.63) is 46.0 Å². The monoisotopic (exact) mass is 277 g/mol. The van der Waals surface area contributed by atoms with E-state index >= 15 is 0 Å². The van der Waals surface area contributed by atoms with Crippen molar-refractivity contribution in [3.63, 3.8) is 0 Å². The molecular weight excluding hydrogens is 258 g/mol. The van der Waals surface area contributed by atoms with Gasteiger partial charge in [0.1, 0.15) is 12.0 Å². The van der Waals surface area contributed by atoms with Crippen molar-refractivity contribution in [3.8, 4) is 0 Å². The Hall–Kier alpha value is -1.91. The molecule has 1 fully saturated rings. The molecule has 0 unspecified atom stereocenters. The number of carbonyl (C=O) groups excluding carboxylic acids is 1. The molecule has 0 N–H and O–H groups in total. The van der Waals surface area contributed by atoms with E-state index in [2.05, 4.69) is 0 Å². The molecule has 0 radical (unpaired) electrons. The fraction of sp³-hybridized carbons (Fsp3) is 0.533. The van der Waals surface area contributed by atoms with Crippen molar-refractivity contribution in [2.75, 3.05) is 6.54 Å². The molecule has 1 aliphatic carbocycles. The fourth-order valence-electron chi connectivity index (χ4n) is 2.78. The first-order valence-corrected chi connectivity index (χ1v) is 6.95. The van der Waals surface area contributed by atoms with Gasteiger partial charge in [-0.3, -0.25) is 14.9 Å². The number of carbonyl (C=O) groups is 1. The van der Waals surface area contributed by atoms with E-state index in [1.54, 1.807) is 0 Å². The highest BCUT2D eigenvalue weighted by atomic mass is 16.6. The Morgan fingerprint density at radius 3 is 2.45 bits per heavy atom. The van der Waals surface area contributed by atoms with E-state index < -0.39 is 16.3 Å². The van der Waals surface area contributed by atoms with Crippen LogP contribution in [0.2, 0.25) is 0 Å². The van der Waals surface area contributed by atoms with Gasteiger partial charge in [-0.25, -0.2) is 0 Å². The van der Waals surface area contributed by atoms with E-state index in [0.717, 1.165) is 24.8 Å². The Morgan fingerprint density at radius 1 is 1.20 bits per heavy atom. The van der Waals surface area contributed by atoms with Gasteiger partial charge in [0.2, 0.25) is 6.54 Å². The van der Waals surface area contributed by atoms with E-state index in [0.29, 0.717) is 12.8 Å². The number of nitro groups is 1. The molecule has 0 aromatic heterocycles. The van der Waals surface area contributed by atoms with Crippen LogP contribution in [0.25, 0.3) is 0 Å². The van der Waals surface area contributed by atoms with Gasteiger partial charge in [0.15, 0.2) is 0 Å². The summed E-state index contributed by atoms with van der Waals surface area (Å²) in [5, 5.41) is 10.8. The third-order valence-corrected chi connectivity index (χ3v) is 3.89. The molecule has 0 amide bonds. The minimum atomic E-state index is -0.920. The molecule has 1 aromatic carbocycles. The smallest absolute Gasteiger partial charge is 0.319 e. The molecule has 2 rings (SSSR count). The van der Waals surface area contributed by atoms with Crippen LogP contribution in [-0.4, -0.2) is 17.4 Å². The summed E-state index contributed by atoms with van der Waals surface area (Å²) in [5.41, 5.74) is -0.0239. The zero-order valence-corrected chi connectivity index (χ0v) is 11.4. The Kier molecular flexibility index (Phi) is 4.71. The van der Waals surface area contributed by atoms with Crippen LogP contribution in [0.5, 0.6) is 0 Å². The number of rotatable bonds is 5. The van der Waals surface area contributed by atoms with Crippen LogP contribution in [-0.2, 0) is 16.1 Å². The zero-order valence-electron chi connectivity index (χ0n) is 11.4. The topological polar surface area (TPSA) is 69.4 Å². The molecule has 5 nitrogen and oxygen atoms in total. The quantitative estimate of drug-likeness (QED) is 0.471. The Morgan fingerprint density at radius 2 is 1.85 bits per heavy atom. The van der Waals surface area contributed by atoms with Crippen molar-refractivity contribution in [2.45, 2.75) is 38.7 Å². The predicted molar refractivity (Wildman–Crippen MR) is 73.6 cm³/mol. The zero-order chi connectivity index (χ0) is 14.4. The number of hydrogen-bond acceptors (Lipinski definition) is 4. The third-order valence-electron chi connectivity index (χ3n) is 3.89. The normalized spacial score (nSPS) is 17.4. The molecular formula is C15H19NO4. The first-order valence-electron chi connectivity index (χ1n) is 6.95. The van der Waals surface area contributed by atoms with Crippen LogP contribution >= 0.6 is 0 Å². The lowest BCUT2D eigenvalue weighted by atomic mass is 9.74. The largest absolute Gasteiger partial charge is 0.460 e. The van der Waals surface area contributed by atoms with Gasteiger partial charge in [-0.1, -0.05) is 49.6 Å². The van der Waals surface area contributed by atoms with Gasteiger partial charge < -0.3 is 4.74 Å². The highest BCUT2D eigenvalue weighted by molar-refractivity contribution is 5.77. The Bertz CT molecular complexity index is 466. The number of ether oxygens (including phenoxy) is 1. The number of hydrogen-bond donors (Lipinski definition) is 0. The van der Waals surface area contributed by atoms with E-state index in [4.69, 9.17) is 4.74 Å². The average molecular weight is 277 g/mol. The van der Waals surface area contributed by atoms with Crippen molar-refractivity contribution >= 4 is 5.97 Å². The molecule has 1 aromatic rings. The van der Waals surface area contributed by atoms with E-state index in [9.17, 15) is 14.9 Å². The summed E-state index contributed by atoms with van der Waals surface area (Å²) in [4.78, 5) is 22.8. The van der Waals surface area contributed by atoms with Crippen LogP contribution in [0.1, 0.15) is 37.7 Å². The van der Waals surface area contributed by atoms with Gasteiger partial charge in [0.25, 0.3) is 0 Å². The summed E-state index contributed by atoms with van der Waals surface area (Å²) < 4.78 is 5.33. The molecule has 0 atom stereocenters. The van der Waals surface area contributed by atoms with Crippen molar-refractivity contribution < 1.29 is 14.5 Å². The second kappa shape index (κ2) is 6.50. The number of benzene rings is 1. The minimum Gasteiger partial charge on any atom is -0.460 e. The van der Waals surface area contributed by atoms with E-state index in [1.165, 1.54) is 0 Å². The van der Waals surface area contributed by atoms with Crippen molar-refractivity contribution in [1.82, 2.24) is 0 Å². The maximum atomic E-state index is 12.3. The minimum absolute atomic E-state index is 0.180. The molecule has 1 aliphatic rings. The molecule has 20 heavy (non-hydrogen) atoms. The lowest BCUT2D eigenvalue weighted by molar-refractivity contribution is -0.495. The molecule has 0 spiro atoms. The van der Waals surface area contributed by atoms with Gasteiger partial charge in [-0.15, -0.1) is 0 Å². The van der Waals surface area contributed by atoms with Gasteiger partial charge in [-0.2, -0.15) is 0 Å². The van der Waals surface area contributed by atoms with E-state index in [-0.39, 0.29) is 13.2 Å². The van der Waals surface area contributed by atoms with Gasteiger partial charge in [0.05, 0.1) is 0 Å². The lowest BCUT2D eigenvalue weighted by Gasteiger charge is -2.31. The molecule has 1 saturated carbocycles. The summed E-state index contributed by atoms with van der Waals surface area (Å²) >= 11 is 0. The van der Waals surface area contributed by atoms with Crippen LogP contribution in [0.3, 0.4) is 0 Å². The van der Waals surface area contributed by atoms with Crippen LogP contribution in [0.15, 0.2) is 30.3 Å². The van der Waals surface area contributed by atoms with Crippen molar-refractivity contribution in [2.24, 2.45) is 5.41 Å². The van der Waals surface area contributed by atoms with Crippen LogP contribution in [0, 0.1) is 15.5 Å². The highest BCUT2D eigenvalue weighted by Crippen LogP contribution is 2.37. The second-order valence-corrected chi connectivity index (χ2v) is 5.39. The third kappa shape index (κ3) is 3.56. The Balaban J connectivity index is 2.01. The summed E-state index contributed by atoms with van der Waals surface area (Å²) in [6.45, 7) is -0.139. The number of nitrogens with zero attached hydrogens (tertiary/aromatic N) is 1. The molecule has 0 bridgehead atoms. The van der Waals surface area contributed by atoms with Crippen LogP contribution in [0.4, 0.5) is 0 Å². The summed E-state index contributed by atoms with van der Waals surface area (Å²) in [6, 6.07) is 9.37. The molecule has 5 heteroatoms. The van der Waals surface area contributed by atoms with Crippen molar-refractivity contribution in [1.29, 1.82) is 0 Å². The molecule has 108 valence electrons. The Labute approximate surface area is 118 Å². The number of esters is 1. The summed E-state index contributed by atoms with van der Waals surface area (Å²) in [6.07, 6.45) is 3.86. The summed E-state index contributed by atoms with van der Waals surface area (Å²) in [7, 11) is 0. The van der Waals surface area contributed by atoms with Gasteiger partial charge in [-0.05, 0) is 18.4 Å².